The van der Waals surface area contributed by atoms with Gasteiger partial charge in [0.15, 0.2) is 0 Å². The van der Waals surface area contributed by atoms with E-state index in [0.717, 1.165) is 4.88 Å². The summed E-state index contributed by atoms with van der Waals surface area (Å²) in [6, 6.07) is 8.17. The highest BCUT2D eigenvalue weighted by molar-refractivity contribution is 7.12. The average molecular weight is 293 g/mol. The summed E-state index contributed by atoms with van der Waals surface area (Å²) in [5, 5.41) is 3.23. The summed E-state index contributed by atoms with van der Waals surface area (Å²) in [5.74, 6) is -1.02. The molecule has 0 amide bonds. The topological polar surface area (TPSA) is 38.3 Å². The Morgan fingerprint density at radius 2 is 2.10 bits per heavy atom. The molecule has 1 aromatic carbocycles. The highest BCUT2D eigenvalue weighted by atomic mass is 32.1. The first-order valence-electron chi connectivity index (χ1n) is 6.22. The molecule has 1 aromatic heterocycles. The molecule has 0 fully saturated rings. The van der Waals surface area contributed by atoms with E-state index in [2.05, 4.69) is 10.1 Å². The molecule has 1 unspecified atom stereocenters. The minimum Gasteiger partial charge on any atom is -0.465 e. The maximum absolute atomic E-state index is 13.3. The van der Waals surface area contributed by atoms with Crippen molar-refractivity contribution in [2.45, 2.75) is 19.9 Å². The molecule has 106 valence electrons. The van der Waals surface area contributed by atoms with Crippen molar-refractivity contribution in [3.8, 4) is 0 Å². The molecule has 1 heterocycles. The van der Waals surface area contributed by atoms with Gasteiger partial charge in [-0.2, -0.15) is 0 Å². The van der Waals surface area contributed by atoms with Crippen LogP contribution in [0.25, 0.3) is 0 Å². The molecule has 0 spiro atoms. The van der Waals surface area contributed by atoms with Crippen LogP contribution >= 0.6 is 11.3 Å². The first kappa shape index (κ1) is 14.5. The highest BCUT2D eigenvalue weighted by Gasteiger charge is 2.16. The molecule has 1 atom stereocenters. The van der Waals surface area contributed by atoms with Gasteiger partial charge in [0.2, 0.25) is 0 Å². The standard InChI is InChI=1S/C15H16FNO2S/c1-9-4-7-14(20-9)10(2)17-13-6-5-11(16)8-12(13)15(18)19-3/h4-8,10,17H,1-3H3. The lowest BCUT2D eigenvalue weighted by atomic mass is 10.1. The Balaban J connectivity index is 2.26. The maximum atomic E-state index is 13.3. The Kier molecular flexibility index (Phi) is 4.39. The summed E-state index contributed by atoms with van der Waals surface area (Å²) in [4.78, 5) is 14.1. The molecule has 2 rings (SSSR count). The highest BCUT2D eigenvalue weighted by Crippen LogP contribution is 2.28. The Morgan fingerprint density at radius 3 is 2.70 bits per heavy atom. The lowest BCUT2D eigenvalue weighted by Gasteiger charge is -2.16. The number of aryl methyl sites for hydroxylation is 1. The Hall–Kier alpha value is -1.88. The number of nitrogens with one attached hydrogen (secondary N) is 1. The third kappa shape index (κ3) is 3.17. The first-order valence-corrected chi connectivity index (χ1v) is 7.03. The Labute approximate surface area is 121 Å². The van der Waals surface area contributed by atoms with Crippen LogP contribution in [0, 0.1) is 12.7 Å². The van der Waals surface area contributed by atoms with E-state index in [1.807, 2.05) is 26.0 Å². The van der Waals surface area contributed by atoms with Gasteiger partial charge in [0.1, 0.15) is 5.82 Å². The van der Waals surface area contributed by atoms with E-state index < -0.39 is 11.8 Å². The van der Waals surface area contributed by atoms with Crippen LogP contribution in [0.5, 0.6) is 0 Å². The van der Waals surface area contributed by atoms with Gasteiger partial charge in [0.25, 0.3) is 0 Å². The second kappa shape index (κ2) is 6.05. The third-order valence-electron chi connectivity index (χ3n) is 2.95. The van der Waals surface area contributed by atoms with Crippen LogP contribution < -0.4 is 5.32 Å². The summed E-state index contributed by atoms with van der Waals surface area (Å²) in [6.07, 6.45) is 0. The van der Waals surface area contributed by atoms with E-state index in [-0.39, 0.29) is 11.6 Å². The third-order valence-corrected chi connectivity index (χ3v) is 4.13. The molecule has 0 aliphatic rings. The van der Waals surface area contributed by atoms with Gasteiger partial charge in [-0.3, -0.25) is 0 Å². The fourth-order valence-electron chi connectivity index (χ4n) is 1.91. The van der Waals surface area contributed by atoms with Crippen LogP contribution in [0.1, 0.15) is 33.1 Å². The molecule has 1 N–H and O–H groups in total. The number of anilines is 1. The van der Waals surface area contributed by atoms with Gasteiger partial charge < -0.3 is 10.1 Å². The van der Waals surface area contributed by atoms with Crippen molar-refractivity contribution < 1.29 is 13.9 Å². The summed E-state index contributed by atoms with van der Waals surface area (Å²) < 4.78 is 18.0. The van der Waals surface area contributed by atoms with Crippen LogP contribution in [0.2, 0.25) is 0 Å². The van der Waals surface area contributed by atoms with Gasteiger partial charge in [-0.1, -0.05) is 0 Å². The van der Waals surface area contributed by atoms with Crippen molar-refractivity contribution in [2.24, 2.45) is 0 Å². The molecule has 0 bridgehead atoms. The molecule has 20 heavy (non-hydrogen) atoms. The number of carbonyl (C=O) groups is 1. The predicted octanol–water partition coefficient (Wildman–Crippen LogP) is 4.16. The number of halogens is 1. The van der Waals surface area contributed by atoms with Crippen LogP contribution in [-0.2, 0) is 4.74 Å². The fourth-order valence-corrected chi connectivity index (χ4v) is 2.79. The largest absolute Gasteiger partial charge is 0.465 e. The lowest BCUT2D eigenvalue weighted by molar-refractivity contribution is 0.0601. The summed E-state index contributed by atoms with van der Waals surface area (Å²) in [7, 11) is 1.28. The van der Waals surface area contributed by atoms with Gasteiger partial charge in [-0.25, -0.2) is 9.18 Å². The maximum Gasteiger partial charge on any atom is 0.340 e. The molecule has 5 heteroatoms. The Morgan fingerprint density at radius 1 is 1.35 bits per heavy atom. The van der Waals surface area contributed by atoms with Gasteiger partial charge in [0.05, 0.1) is 18.7 Å². The number of hydrogen-bond acceptors (Lipinski definition) is 4. The van der Waals surface area contributed by atoms with Gasteiger partial charge in [0, 0.05) is 15.4 Å². The van der Waals surface area contributed by atoms with E-state index in [9.17, 15) is 9.18 Å². The number of hydrogen-bond donors (Lipinski definition) is 1. The lowest BCUT2D eigenvalue weighted by Crippen LogP contribution is -2.11. The number of rotatable bonds is 4. The smallest absolute Gasteiger partial charge is 0.340 e. The number of benzene rings is 1. The molecule has 0 aliphatic carbocycles. The minimum absolute atomic E-state index is 0.0302. The molecule has 0 saturated carbocycles. The zero-order valence-electron chi connectivity index (χ0n) is 11.6. The van der Waals surface area contributed by atoms with Crippen molar-refractivity contribution in [3.05, 3.63) is 51.5 Å². The van der Waals surface area contributed by atoms with E-state index in [1.165, 1.54) is 24.1 Å². The van der Waals surface area contributed by atoms with E-state index in [1.54, 1.807) is 17.4 Å². The molecule has 2 aromatic rings. The number of thiophene rings is 1. The monoisotopic (exact) mass is 293 g/mol. The van der Waals surface area contributed by atoms with E-state index in [0.29, 0.717) is 5.69 Å². The van der Waals surface area contributed by atoms with Crippen LogP contribution in [0.4, 0.5) is 10.1 Å². The van der Waals surface area contributed by atoms with Gasteiger partial charge >= 0.3 is 5.97 Å². The van der Waals surface area contributed by atoms with Crippen molar-refractivity contribution in [1.29, 1.82) is 0 Å². The van der Waals surface area contributed by atoms with Crippen LogP contribution in [0.3, 0.4) is 0 Å². The van der Waals surface area contributed by atoms with Crippen molar-refractivity contribution in [2.75, 3.05) is 12.4 Å². The average Bonchev–Trinajstić information content (AvgIpc) is 2.86. The summed E-state index contributed by atoms with van der Waals surface area (Å²) >= 11 is 1.69. The van der Waals surface area contributed by atoms with Gasteiger partial charge in [-0.05, 0) is 44.2 Å². The SMILES string of the molecule is COC(=O)c1cc(F)ccc1NC(C)c1ccc(C)s1. The number of carbonyl (C=O) groups excluding carboxylic acids is 1. The van der Waals surface area contributed by atoms with Crippen molar-refractivity contribution in [3.63, 3.8) is 0 Å². The van der Waals surface area contributed by atoms with Gasteiger partial charge in [-0.15, -0.1) is 11.3 Å². The molecular formula is C15H16FNO2S. The second-order valence-electron chi connectivity index (χ2n) is 4.50. The van der Waals surface area contributed by atoms with E-state index in [4.69, 9.17) is 0 Å². The zero-order valence-corrected chi connectivity index (χ0v) is 12.4. The molecule has 3 nitrogen and oxygen atoms in total. The summed E-state index contributed by atoms with van der Waals surface area (Å²) in [6.45, 7) is 4.04. The number of esters is 1. The van der Waals surface area contributed by atoms with Crippen LogP contribution in [-0.4, -0.2) is 13.1 Å². The predicted molar refractivity (Wildman–Crippen MR) is 78.8 cm³/mol. The molecule has 0 aliphatic heterocycles. The normalized spacial score (nSPS) is 12.0. The summed E-state index contributed by atoms with van der Waals surface area (Å²) in [5.41, 5.74) is 0.768. The Bertz CT molecular complexity index is 624. The van der Waals surface area contributed by atoms with E-state index >= 15 is 0 Å². The zero-order chi connectivity index (χ0) is 14.7. The fraction of sp³-hybridized carbons (Fsp3) is 0.267. The quantitative estimate of drug-likeness (QED) is 0.860. The molecular weight excluding hydrogens is 277 g/mol. The number of ether oxygens (including phenoxy) is 1. The second-order valence-corrected chi connectivity index (χ2v) is 5.82. The van der Waals surface area contributed by atoms with Crippen LogP contribution in [0.15, 0.2) is 30.3 Å². The first-order chi connectivity index (χ1) is 9.51. The number of methoxy groups -OCH3 is 1. The molecule has 0 radical (unpaired) electrons. The van der Waals surface area contributed by atoms with Crippen molar-refractivity contribution >= 4 is 23.0 Å². The molecule has 0 saturated heterocycles. The van der Waals surface area contributed by atoms with Crippen molar-refractivity contribution in [1.82, 2.24) is 0 Å². The minimum atomic E-state index is -0.554.